The standard InChI is InChI=1S/C24H28N2O4S/c1-17-20-6-5-18(29-2)16-22(20)30-24(28)21(17)7-8-23(27)26-13-11-25(12-14-26)10-9-19-4-3-15-31-19/h3-6,15-16H,7-14H2,1-2H3. The van der Waals surface area contributed by atoms with Crippen LogP contribution in [0.1, 0.15) is 22.4 Å². The van der Waals surface area contributed by atoms with Crippen molar-refractivity contribution in [1.82, 2.24) is 9.80 Å². The summed E-state index contributed by atoms with van der Waals surface area (Å²) >= 11 is 1.80. The minimum Gasteiger partial charge on any atom is -0.497 e. The van der Waals surface area contributed by atoms with E-state index in [4.69, 9.17) is 9.15 Å². The van der Waals surface area contributed by atoms with Gasteiger partial charge in [0.25, 0.3) is 0 Å². The summed E-state index contributed by atoms with van der Waals surface area (Å²) in [5, 5.41) is 2.99. The number of methoxy groups -OCH3 is 1. The topological polar surface area (TPSA) is 63.0 Å². The normalized spacial score (nSPS) is 14.8. The third kappa shape index (κ3) is 4.99. The quantitative estimate of drug-likeness (QED) is 0.527. The number of ether oxygens (including phenoxy) is 1. The highest BCUT2D eigenvalue weighted by Crippen LogP contribution is 2.24. The number of piperazine rings is 1. The van der Waals surface area contributed by atoms with Crippen molar-refractivity contribution in [3.8, 4) is 5.75 Å². The number of aryl methyl sites for hydroxylation is 1. The second kappa shape index (κ2) is 9.66. The van der Waals surface area contributed by atoms with Gasteiger partial charge in [-0.2, -0.15) is 0 Å². The molecule has 0 N–H and O–H groups in total. The van der Waals surface area contributed by atoms with Crippen LogP contribution in [-0.2, 0) is 17.6 Å². The highest BCUT2D eigenvalue weighted by atomic mass is 32.1. The number of fused-ring (bicyclic) bond motifs is 1. The van der Waals surface area contributed by atoms with Crippen molar-refractivity contribution in [2.24, 2.45) is 0 Å². The molecule has 0 atom stereocenters. The molecule has 4 rings (SSSR count). The van der Waals surface area contributed by atoms with E-state index in [9.17, 15) is 9.59 Å². The molecule has 1 amide bonds. The second-order valence-electron chi connectivity index (χ2n) is 7.91. The Labute approximate surface area is 186 Å². The third-order valence-corrected chi connectivity index (χ3v) is 7.00. The Morgan fingerprint density at radius 2 is 1.97 bits per heavy atom. The van der Waals surface area contributed by atoms with Crippen molar-refractivity contribution in [2.45, 2.75) is 26.2 Å². The van der Waals surface area contributed by atoms with Gasteiger partial charge in [0.15, 0.2) is 0 Å². The third-order valence-electron chi connectivity index (χ3n) is 6.06. The van der Waals surface area contributed by atoms with Crippen LogP contribution in [0.5, 0.6) is 5.75 Å². The van der Waals surface area contributed by atoms with Crippen LogP contribution in [-0.4, -0.2) is 55.5 Å². The maximum Gasteiger partial charge on any atom is 0.339 e. The number of rotatable bonds is 7. The number of amides is 1. The molecule has 2 aromatic heterocycles. The minimum absolute atomic E-state index is 0.103. The molecule has 164 valence electrons. The lowest BCUT2D eigenvalue weighted by Gasteiger charge is -2.34. The molecule has 0 radical (unpaired) electrons. The predicted molar refractivity (Wildman–Crippen MR) is 123 cm³/mol. The Morgan fingerprint density at radius 1 is 1.16 bits per heavy atom. The molecule has 1 aliphatic rings. The number of carbonyl (C=O) groups is 1. The average molecular weight is 441 g/mol. The summed E-state index contributed by atoms with van der Waals surface area (Å²) in [4.78, 5) is 31.0. The average Bonchev–Trinajstić information content (AvgIpc) is 3.31. The van der Waals surface area contributed by atoms with Crippen molar-refractivity contribution in [3.63, 3.8) is 0 Å². The van der Waals surface area contributed by atoms with E-state index in [-0.39, 0.29) is 11.5 Å². The molecule has 1 aromatic carbocycles. The van der Waals surface area contributed by atoms with Gasteiger partial charge in [-0.3, -0.25) is 9.69 Å². The molecule has 3 aromatic rings. The van der Waals surface area contributed by atoms with Gasteiger partial charge in [0.2, 0.25) is 5.91 Å². The van der Waals surface area contributed by atoms with E-state index in [0.29, 0.717) is 29.7 Å². The zero-order valence-electron chi connectivity index (χ0n) is 18.1. The highest BCUT2D eigenvalue weighted by Gasteiger charge is 2.22. The smallest absolute Gasteiger partial charge is 0.339 e. The van der Waals surface area contributed by atoms with Crippen molar-refractivity contribution in [1.29, 1.82) is 0 Å². The molecule has 0 spiro atoms. The largest absolute Gasteiger partial charge is 0.497 e. The molecular formula is C24H28N2O4S. The van der Waals surface area contributed by atoms with Gasteiger partial charge in [0, 0.05) is 61.0 Å². The number of nitrogens with zero attached hydrogens (tertiary/aromatic N) is 2. The summed E-state index contributed by atoms with van der Waals surface area (Å²) in [6.07, 6.45) is 1.78. The molecule has 7 heteroatoms. The number of hydrogen-bond donors (Lipinski definition) is 0. The van der Waals surface area contributed by atoms with E-state index >= 15 is 0 Å². The first-order valence-corrected chi connectivity index (χ1v) is 11.6. The highest BCUT2D eigenvalue weighted by molar-refractivity contribution is 7.09. The monoisotopic (exact) mass is 440 g/mol. The molecule has 6 nitrogen and oxygen atoms in total. The summed E-state index contributed by atoms with van der Waals surface area (Å²) in [5.74, 6) is 0.749. The fourth-order valence-electron chi connectivity index (χ4n) is 4.12. The summed E-state index contributed by atoms with van der Waals surface area (Å²) < 4.78 is 10.7. The first kappa shape index (κ1) is 21.6. The lowest BCUT2D eigenvalue weighted by Crippen LogP contribution is -2.49. The fraction of sp³-hybridized carbons (Fsp3) is 0.417. The molecule has 1 aliphatic heterocycles. The van der Waals surface area contributed by atoms with Gasteiger partial charge in [-0.05, 0) is 48.9 Å². The van der Waals surface area contributed by atoms with Crippen LogP contribution in [0.25, 0.3) is 11.0 Å². The first-order valence-electron chi connectivity index (χ1n) is 10.7. The number of carbonyl (C=O) groups excluding carboxylic acids is 1. The van der Waals surface area contributed by atoms with Gasteiger partial charge in [0.05, 0.1) is 7.11 Å². The predicted octanol–water partition coefficient (Wildman–Crippen LogP) is 3.49. The van der Waals surface area contributed by atoms with E-state index in [2.05, 4.69) is 22.4 Å². The van der Waals surface area contributed by atoms with Crippen molar-refractivity contribution in [2.75, 3.05) is 39.8 Å². The SMILES string of the molecule is COc1ccc2c(C)c(CCC(=O)N3CCN(CCc4cccs4)CC3)c(=O)oc2c1. The van der Waals surface area contributed by atoms with E-state index in [1.807, 2.05) is 24.0 Å². The van der Waals surface area contributed by atoms with Gasteiger partial charge in [-0.25, -0.2) is 4.79 Å². The molecule has 31 heavy (non-hydrogen) atoms. The van der Waals surface area contributed by atoms with Crippen LogP contribution in [0.4, 0.5) is 0 Å². The molecule has 0 aliphatic carbocycles. The van der Waals surface area contributed by atoms with Gasteiger partial charge < -0.3 is 14.1 Å². The van der Waals surface area contributed by atoms with Crippen LogP contribution in [0.2, 0.25) is 0 Å². The number of benzene rings is 1. The maximum atomic E-state index is 12.8. The molecule has 0 unspecified atom stereocenters. The molecular weight excluding hydrogens is 412 g/mol. The molecule has 0 bridgehead atoms. The summed E-state index contributed by atoms with van der Waals surface area (Å²) in [7, 11) is 1.58. The Hall–Kier alpha value is -2.64. The van der Waals surface area contributed by atoms with Crippen molar-refractivity contribution < 1.29 is 13.9 Å². The van der Waals surface area contributed by atoms with Crippen LogP contribution < -0.4 is 10.4 Å². The Kier molecular flexibility index (Phi) is 6.73. The zero-order valence-corrected chi connectivity index (χ0v) is 18.9. The summed E-state index contributed by atoms with van der Waals surface area (Å²) in [5.41, 5.74) is 1.60. The van der Waals surface area contributed by atoms with Crippen LogP contribution >= 0.6 is 11.3 Å². The molecule has 0 saturated carbocycles. The van der Waals surface area contributed by atoms with E-state index in [0.717, 1.165) is 50.1 Å². The van der Waals surface area contributed by atoms with E-state index in [1.165, 1.54) is 4.88 Å². The van der Waals surface area contributed by atoms with E-state index < -0.39 is 0 Å². The van der Waals surface area contributed by atoms with Gasteiger partial charge in [-0.1, -0.05) is 6.07 Å². The molecule has 3 heterocycles. The Bertz CT molecular complexity index is 1100. The van der Waals surface area contributed by atoms with Gasteiger partial charge in [-0.15, -0.1) is 11.3 Å². The summed E-state index contributed by atoms with van der Waals surface area (Å²) in [6, 6.07) is 9.73. The lowest BCUT2D eigenvalue weighted by molar-refractivity contribution is -0.132. The lowest BCUT2D eigenvalue weighted by atomic mass is 10.0. The van der Waals surface area contributed by atoms with Crippen LogP contribution in [0.3, 0.4) is 0 Å². The maximum absolute atomic E-state index is 12.8. The second-order valence-corrected chi connectivity index (χ2v) is 8.94. The Balaban J connectivity index is 1.32. The first-order chi connectivity index (χ1) is 15.0. The van der Waals surface area contributed by atoms with Gasteiger partial charge in [0.1, 0.15) is 11.3 Å². The minimum atomic E-state index is -0.371. The fourth-order valence-corrected chi connectivity index (χ4v) is 4.82. The zero-order chi connectivity index (χ0) is 21.8. The van der Waals surface area contributed by atoms with Crippen LogP contribution in [0.15, 0.2) is 44.9 Å². The summed E-state index contributed by atoms with van der Waals surface area (Å²) in [6.45, 7) is 6.23. The Morgan fingerprint density at radius 3 is 2.68 bits per heavy atom. The van der Waals surface area contributed by atoms with Crippen LogP contribution in [0, 0.1) is 6.92 Å². The van der Waals surface area contributed by atoms with Crippen molar-refractivity contribution in [3.05, 3.63) is 62.1 Å². The molecule has 1 saturated heterocycles. The van der Waals surface area contributed by atoms with Crippen molar-refractivity contribution >= 4 is 28.2 Å². The molecule has 1 fully saturated rings. The van der Waals surface area contributed by atoms with E-state index in [1.54, 1.807) is 24.5 Å². The number of thiophene rings is 1. The number of hydrogen-bond acceptors (Lipinski definition) is 6. The van der Waals surface area contributed by atoms with Gasteiger partial charge >= 0.3 is 5.63 Å².